The molecule has 2 aliphatic rings. The van der Waals surface area contributed by atoms with E-state index in [9.17, 15) is 14.7 Å². The largest absolute Gasteiger partial charge is 0.391 e. The third kappa shape index (κ3) is 2.38. The summed E-state index contributed by atoms with van der Waals surface area (Å²) < 4.78 is 0. The molecule has 2 N–H and O–H groups in total. The highest BCUT2D eigenvalue weighted by molar-refractivity contribution is 6.39. The summed E-state index contributed by atoms with van der Waals surface area (Å²) in [5.74, 6) is -0.325. The van der Waals surface area contributed by atoms with Gasteiger partial charge in [-0.2, -0.15) is 5.10 Å². The van der Waals surface area contributed by atoms with Gasteiger partial charge in [-0.25, -0.2) is 5.43 Å². The summed E-state index contributed by atoms with van der Waals surface area (Å²) in [6.07, 6.45) is 1.81. The molecule has 2 aliphatic heterocycles. The van der Waals surface area contributed by atoms with E-state index in [0.717, 1.165) is 12.8 Å². The molecule has 0 radical (unpaired) electrons. The van der Waals surface area contributed by atoms with Crippen molar-refractivity contribution in [3.8, 4) is 0 Å². The van der Waals surface area contributed by atoms with E-state index in [0.29, 0.717) is 31.6 Å². The van der Waals surface area contributed by atoms with Crippen LogP contribution < -0.4 is 5.43 Å². The van der Waals surface area contributed by atoms with E-state index < -0.39 is 6.10 Å². The minimum Gasteiger partial charge on any atom is -0.391 e. The highest BCUT2D eigenvalue weighted by atomic mass is 16.3. The third-order valence-electron chi connectivity index (χ3n) is 2.84. The van der Waals surface area contributed by atoms with Crippen LogP contribution in [0.3, 0.4) is 0 Å². The van der Waals surface area contributed by atoms with Crippen LogP contribution in [0.5, 0.6) is 0 Å². The van der Waals surface area contributed by atoms with Crippen LogP contribution >= 0.6 is 0 Å². The van der Waals surface area contributed by atoms with Gasteiger partial charge in [-0.3, -0.25) is 9.59 Å². The fraction of sp³-hybridized carbons (Fsp3) is 0.700. The number of aliphatic hydroxyl groups is 1. The number of amides is 2. The van der Waals surface area contributed by atoms with Gasteiger partial charge in [0, 0.05) is 25.9 Å². The molecule has 2 rings (SSSR count). The maximum atomic E-state index is 11.9. The van der Waals surface area contributed by atoms with Crippen molar-refractivity contribution in [3.05, 3.63) is 0 Å². The number of nitrogens with one attached hydrogen (secondary N) is 1. The van der Waals surface area contributed by atoms with Gasteiger partial charge in [0.05, 0.1) is 6.10 Å². The number of carbonyl (C=O) groups excluding carboxylic acids is 2. The Bertz CT molecular complexity index is 340. The second-order valence-corrected chi connectivity index (χ2v) is 4.14. The van der Waals surface area contributed by atoms with Crippen LogP contribution in [0, 0.1) is 0 Å². The summed E-state index contributed by atoms with van der Waals surface area (Å²) in [4.78, 5) is 24.4. The van der Waals surface area contributed by atoms with Crippen LogP contribution in [-0.2, 0) is 9.59 Å². The first-order valence-electron chi connectivity index (χ1n) is 5.49. The van der Waals surface area contributed by atoms with E-state index in [1.807, 2.05) is 0 Å². The molecule has 1 fully saturated rings. The Morgan fingerprint density at radius 1 is 1.50 bits per heavy atom. The number of hydrazone groups is 1. The van der Waals surface area contributed by atoms with E-state index in [-0.39, 0.29) is 11.8 Å². The van der Waals surface area contributed by atoms with E-state index in [1.165, 1.54) is 0 Å². The first-order chi connectivity index (χ1) is 7.66. The SMILES string of the molecule is O=C1CCC(C(=O)N2CCC[C@H](O)C2)=NN1. The Hall–Kier alpha value is -1.43. The quantitative estimate of drug-likeness (QED) is 0.615. The number of hydrogen-bond acceptors (Lipinski definition) is 4. The van der Waals surface area contributed by atoms with Crippen LogP contribution in [0.4, 0.5) is 0 Å². The summed E-state index contributed by atoms with van der Waals surface area (Å²) in [5.41, 5.74) is 2.69. The van der Waals surface area contributed by atoms with Crippen molar-refractivity contribution in [2.24, 2.45) is 5.10 Å². The number of carbonyl (C=O) groups is 2. The Balaban J connectivity index is 1.99. The summed E-state index contributed by atoms with van der Waals surface area (Å²) in [7, 11) is 0. The van der Waals surface area contributed by atoms with Gasteiger partial charge in [-0.15, -0.1) is 0 Å². The molecule has 16 heavy (non-hydrogen) atoms. The minimum atomic E-state index is -0.434. The molecular weight excluding hydrogens is 210 g/mol. The third-order valence-corrected chi connectivity index (χ3v) is 2.84. The molecular formula is C10H15N3O3. The molecule has 0 aromatic heterocycles. The van der Waals surface area contributed by atoms with Gasteiger partial charge in [0.1, 0.15) is 5.71 Å². The van der Waals surface area contributed by atoms with Crippen LogP contribution in [0.2, 0.25) is 0 Å². The molecule has 0 aromatic rings. The topological polar surface area (TPSA) is 82.0 Å². The summed E-state index contributed by atoms with van der Waals surface area (Å²) >= 11 is 0. The second kappa shape index (κ2) is 4.61. The van der Waals surface area contributed by atoms with Crippen LogP contribution in [0.15, 0.2) is 5.10 Å². The predicted octanol–water partition coefficient (Wildman–Crippen LogP) is -0.764. The van der Waals surface area contributed by atoms with Crippen LogP contribution in [-0.4, -0.2) is 46.7 Å². The van der Waals surface area contributed by atoms with Crippen molar-refractivity contribution in [2.45, 2.75) is 31.8 Å². The van der Waals surface area contributed by atoms with Crippen molar-refractivity contribution < 1.29 is 14.7 Å². The number of rotatable bonds is 1. The standard InChI is InChI=1S/C10H15N3O3/c14-7-2-1-5-13(6-7)10(16)8-3-4-9(15)12-11-8/h7,14H,1-6H2,(H,12,15)/t7-/m0/s1. The first-order valence-corrected chi connectivity index (χ1v) is 5.49. The lowest BCUT2D eigenvalue weighted by Gasteiger charge is -2.30. The van der Waals surface area contributed by atoms with Crippen molar-refractivity contribution in [1.82, 2.24) is 10.3 Å². The Morgan fingerprint density at radius 3 is 2.94 bits per heavy atom. The van der Waals surface area contributed by atoms with Gasteiger partial charge in [0.15, 0.2) is 0 Å². The van der Waals surface area contributed by atoms with E-state index >= 15 is 0 Å². The Morgan fingerprint density at radius 2 is 2.31 bits per heavy atom. The molecule has 0 unspecified atom stereocenters. The summed E-state index contributed by atoms with van der Waals surface area (Å²) in [6, 6.07) is 0. The minimum absolute atomic E-state index is 0.157. The summed E-state index contributed by atoms with van der Waals surface area (Å²) in [6.45, 7) is 1.02. The monoisotopic (exact) mass is 225 g/mol. The Kier molecular flexibility index (Phi) is 3.19. The van der Waals surface area contributed by atoms with Crippen molar-refractivity contribution in [2.75, 3.05) is 13.1 Å². The number of nitrogens with zero attached hydrogens (tertiary/aromatic N) is 2. The molecule has 88 valence electrons. The van der Waals surface area contributed by atoms with Gasteiger partial charge in [-0.1, -0.05) is 0 Å². The van der Waals surface area contributed by atoms with E-state index in [1.54, 1.807) is 4.90 Å². The highest BCUT2D eigenvalue weighted by Gasteiger charge is 2.27. The lowest BCUT2D eigenvalue weighted by molar-refractivity contribution is -0.127. The molecule has 0 saturated carbocycles. The molecule has 6 heteroatoms. The second-order valence-electron chi connectivity index (χ2n) is 4.14. The molecule has 2 heterocycles. The molecule has 0 aromatic carbocycles. The fourth-order valence-corrected chi connectivity index (χ4v) is 1.95. The van der Waals surface area contributed by atoms with Gasteiger partial charge < -0.3 is 10.0 Å². The van der Waals surface area contributed by atoms with E-state index in [4.69, 9.17) is 0 Å². The predicted molar refractivity (Wildman–Crippen MR) is 56.6 cm³/mol. The zero-order valence-electron chi connectivity index (χ0n) is 8.98. The molecule has 6 nitrogen and oxygen atoms in total. The molecule has 1 saturated heterocycles. The van der Waals surface area contributed by atoms with Gasteiger partial charge in [-0.05, 0) is 12.8 Å². The molecule has 0 bridgehead atoms. The normalized spacial score (nSPS) is 26.1. The smallest absolute Gasteiger partial charge is 0.270 e. The number of β-amino-alcohol motifs (C(OH)–C–C–N with tert-alkyl or cyclic N) is 1. The average molecular weight is 225 g/mol. The average Bonchev–Trinajstić information content (AvgIpc) is 2.29. The molecule has 0 spiro atoms. The molecule has 0 aliphatic carbocycles. The van der Waals surface area contributed by atoms with Gasteiger partial charge in [0.25, 0.3) is 5.91 Å². The lowest BCUT2D eigenvalue weighted by Crippen LogP contribution is -2.46. The number of piperidine rings is 1. The van der Waals surface area contributed by atoms with Crippen molar-refractivity contribution >= 4 is 17.5 Å². The highest BCUT2D eigenvalue weighted by Crippen LogP contribution is 2.12. The van der Waals surface area contributed by atoms with Crippen LogP contribution in [0.1, 0.15) is 25.7 Å². The van der Waals surface area contributed by atoms with Gasteiger partial charge in [0.2, 0.25) is 5.91 Å². The lowest BCUT2D eigenvalue weighted by atomic mass is 10.1. The fourth-order valence-electron chi connectivity index (χ4n) is 1.95. The van der Waals surface area contributed by atoms with Crippen molar-refractivity contribution in [1.29, 1.82) is 0 Å². The maximum Gasteiger partial charge on any atom is 0.270 e. The zero-order valence-corrected chi connectivity index (χ0v) is 8.98. The first kappa shape index (κ1) is 11.1. The number of aliphatic hydroxyl groups excluding tert-OH is 1. The number of likely N-dealkylation sites (tertiary alicyclic amines) is 1. The maximum absolute atomic E-state index is 11.9. The van der Waals surface area contributed by atoms with E-state index in [2.05, 4.69) is 10.5 Å². The molecule has 2 amide bonds. The zero-order chi connectivity index (χ0) is 11.5. The Labute approximate surface area is 93.3 Å². The van der Waals surface area contributed by atoms with Gasteiger partial charge >= 0.3 is 0 Å². The van der Waals surface area contributed by atoms with Crippen LogP contribution in [0.25, 0.3) is 0 Å². The summed E-state index contributed by atoms with van der Waals surface area (Å²) in [5, 5.41) is 13.2. The van der Waals surface area contributed by atoms with Crippen molar-refractivity contribution in [3.63, 3.8) is 0 Å². The number of hydrogen-bond donors (Lipinski definition) is 2. The molecule has 1 atom stereocenters.